The SMILES string of the molecule is O=CN(S)N1CCCCC1. The second kappa shape index (κ2) is 3.83. The van der Waals surface area contributed by atoms with Crippen molar-refractivity contribution in [2.45, 2.75) is 19.3 Å². The molecule has 0 bridgehead atoms. The third kappa shape index (κ3) is 1.88. The number of hydrogen-bond acceptors (Lipinski definition) is 3. The minimum absolute atomic E-state index is 0.731. The van der Waals surface area contributed by atoms with Crippen LogP contribution in [0.15, 0.2) is 0 Å². The third-order valence-corrected chi connectivity index (χ3v) is 2.06. The maximum atomic E-state index is 10.2. The second-order valence-electron chi connectivity index (χ2n) is 2.44. The Hall–Kier alpha value is -0.220. The molecule has 1 fully saturated rings. The van der Waals surface area contributed by atoms with Crippen molar-refractivity contribution in [1.82, 2.24) is 9.42 Å². The maximum Gasteiger partial charge on any atom is 0.234 e. The Kier molecular flexibility index (Phi) is 3.02. The molecule has 0 aromatic heterocycles. The Morgan fingerprint density at radius 3 is 2.40 bits per heavy atom. The van der Waals surface area contributed by atoms with E-state index in [1.54, 1.807) is 0 Å². The van der Waals surface area contributed by atoms with Crippen molar-refractivity contribution in [3.05, 3.63) is 0 Å². The zero-order valence-corrected chi connectivity index (χ0v) is 6.76. The lowest BCUT2D eigenvalue weighted by Crippen LogP contribution is -2.39. The van der Waals surface area contributed by atoms with Crippen LogP contribution in [0.3, 0.4) is 0 Å². The smallest absolute Gasteiger partial charge is 0.234 e. The number of carbonyl (C=O) groups excluding carboxylic acids is 1. The van der Waals surface area contributed by atoms with Gasteiger partial charge in [-0.1, -0.05) is 6.42 Å². The van der Waals surface area contributed by atoms with Crippen LogP contribution in [0.5, 0.6) is 0 Å². The largest absolute Gasteiger partial charge is 0.276 e. The first-order valence-corrected chi connectivity index (χ1v) is 3.93. The van der Waals surface area contributed by atoms with Crippen molar-refractivity contribution >= 4 is 19.2 Å². The van der Waals surface area contributed by atoms with E-state index >= 15 is 0 Å². The fourth-order valence-corrected chi connectivity index (χ4v) is 1.33. The van der Waals surface area contributed by atoms with Crippen molar-refractivity contribution in [3.8, 4) is 0 Å². The van der Waals surface area contributed by atoms with Gasteiger partial charge in [-0.2, -0.15) is 0 Å². The van der Waals surface area contributed by atoms with Crippen LogP contribution in [0.2, 0.25) is 0 Å². The summed E-state index contributed by atoms with van der Waals surface area (Å²) in [6, 6.07) is 0. The van der Waals surface area contributed by atoms with E-state index in [0.717, 1.165) is 19.5 Å². The van der Waals surface area contributed by atoms with Crippen LogP contribution in [-0.4, -0.2) is 28.9 Å². The van der Waals surface area contributed by atoms with Gasteiger partial charge in [-0.25, -0.2) is 9.42 Å². The molecule has 1 heterocycles. The molecule has 0 aromatic rings. The van der Waals surface area contributed by atoms with Crippen molar-refractivity contribution in [2.75, 3.05) is 13.1 Å². The summed E-state index contributed by atoms with van der Waals surface area (Å²) in [4.78, 5) is 10.2. The molecule has 1 rings (SSSR count). The van der Waals surface area contributed by atoms with Crippen molar-refractivity contribution < 1.29 is 4.79 Å². The van der Waals surface area contributed by atoms with Crippen LogP contribution < -0.4 is 0 Å². The van der Waals surface area contributed by atoms with Gasteiger partial charge in [0.2, 0.25) is 6.41 Å². The van der Waals surface area contributed by atoms with Gasteiger partial charge in [-0.15, -0.1) is 0 Å². The Balaban J connectivity index is 2.30. The fraction of sp³-hybridized carbons (Fsp3) is 0.833. The van der Waals surface area contributed by atoms with Crippen LogP contribution in [-0.2, 0) is 4.79 Å². The quantitative estimate of drug-likeness (QED) is 0.474. The van der Waals surface area contributed by atoms with Crippen molar-refractivity contribution in [3.63, 3.8) is 0 Å². The van der Waals surface area contributed by atoms with Gasteiger partial charge in [0.05, 0.1) is 0 Å². The minimum atomic E-state index is 0.731. The summed E-state index contributed by atoms with van der Waals surface area (Å²) in [5.41, 5.74) is 0. The Labute approximate surface area is 66.5 Å². The van der Waals surface area contributed by atoms with Gasteiger partial charge in [0.25, 0.3) is 0 Å². The van der Waals surface area contributed by atoms with Gasteiger partial charge in [0, 0.05) is 13.1 Å². The molecule has 1 aliphatic rings. The lowest BCUT2D eigenvalue weighted by molar-refractivity contribution is -0.123. The van der Waals surface area contributed by atoms with Gasteiger partial charge in [0.15, 0.2) is 0 Å². The summed E-state index contributed by atoms with van der Waals surface area (Å²) in [5, 5.41) is 1.94. The third-order valence-electron chi connectivity index (χ3n) is 1.72. The van der Waals surface area contributed by atoms with Gasteiger partial charge in [0.1, 0.15) is 0 Å². The van der Waals surface area contributed by atoms with Crippen LogP contribution in [0, 0.1) is 0 Å². The first-order chi connectivity index (χ1) is 4.84. The summed E-state index contributed by atoms with van der Waals surface area (Å²) in [7, 11) is 0. The van der Waals surface area contributed by atoms with Gasteiger partial charge in [-0.3, -0.25) is 4.79 Å². The highest BCUT2D eigenvalue weighted by atomic mass is 32.1. The number of amides is 1. The molecule has 0 unspecified atom stereocenters. The van der Waals surface area contributed by atoms with Gasteiger partial charge < -0.3 is 0 Å². The summed E-state index contributed by atoms with van der Waals surface area (Å²) in [6.45, 7) is 1.92. The first-order valence-electron chi connectivity index (χ1n) is 3.53. The highest BCUT2D eigenvalue weighted by Crippen LogP contribution is 2.10. The average Bonchev–Trinajstić information content (AvgIpc) is 2.05. The molecule has 58 valence electrons. The summed E-state index contributed by atoms with van der Waals surface area (Å²) in [5.74, 6) is 0. The van der Waals surface area contributed by atoms with E-state index in [4.69, 9.17) is 0 Å². The summed E-state index contributed by atoms with van der Waals surface area (Å²) < 4.78 is 1.33. The molecule has 4 heteroatoms. The normalized spacial score (nSPS) is 20.5. The molecule has 0 aliphatic carbocycles. The topological polar surface area (TPSA) is 23.6 Å². The maximum absolute atomic E-state index is 10.2. The molecule has 0 saturated carbocycles. The van der Waals surface area contributed by atoms with Crippen molar-refractivity contribution in [2.24, 2.45) is 0 Å². The molecule has 3 nitrogen and oxygen atoms in total. The van der Waals surface area contributed by atoms with E-state index in [0.29, 0.717) is 0 Å². The summed E-state index contributed by atoms with van der Waals surface area (Å²) in [6.07, 6.45) is 4.35. The number of carbonyl (C=O) groups is 1. The number of thiol groups is 1. The summed E-state index contributed by atoms with van der Waals surface area (Å²) >= 11 is 3.96. The standard InChI is InChI=1S/C6H12N2OS/c9-6-8(10)7-4-2-1-3-5-7/h6,10H,1-5H2. The van der Waals surface area contributed by atoms with Crippen molar-refractivity contribution in [1.29, 1.82) is 0 Å². The lowest BCUT2D eigenvalue weighted by Gasteiger charge is -2.30. The van der Waals surface area contributed by atoms with E-state index in [2.05, 4.69) is 12.8 Å². The van der Waals surface area contributed by atoms with E-state index in [-0.39, 0.29) is 0 Å². The molecule has 0 aromatic carbocycles. The highest BCUT2D eigenvalue weighted by Gasteiger charge is 2.13. The molecule has 10 heavy (non-hydrogen) atoms. The van der Waals surface area contributed by atoms with Gasteiger partial charge in [-0.05, 0) is 25.7 Å². The second-order valence-corrected chi connectivity index (χ2v) is 2.85. The highest BCUT2D eigenvalue weighted by molar-refractivity contribution is 7.78. The van der Waals surface area contributed by atoms with E-state index in [1.807, 2.05) is 5.01 Å². The minimum Gasteiger partial charge on any atom is -0.276 e. The molecule has 1 aliphatic heterocycles. The Morgan fingerprint density at radius 2 is 1.90 bits per heavy atom. The molecule has 1 amide bonds. The average molecular weight is 160 g/mol. The van der Waals surface area contributed by atoms with Crippen LogP contribution in [0.25, 0.3) is 0 Å². The first kappa shape index (κ1) is 7.88. The number of hydrazine groups is 1. The van der Waals surface area contributed by atoms with Crippen LogP contribution in [0.4, 0.5) is 0 Å². The van der Waals surface area contributed by atoms with Crippen LogP contribution >= 0.6 is 12.8 Å². The molecule has 1 saturated heterocycles. The molecule has 0 radical (unpaired) electrons. The Morgan fingerprint density at radius 1 is 1.30 bits per heavy atom. The molecule has 0 N–H and O–H groups in total. The fourth-order valence-electron chi connectivity index (χ4n) is 1.15. The Bertz CT molecular complexity index is 114. The van der Waals surface area contributed by atoms with E-state index in [9.17, 15) is 4.79 Å². The molecular weight excluding hydrogens is 148 g/mol. The predicted octanol–water partition coefficient (Wildman–Crippen LogP) is 0.690. The molecule has 0 atom stereocenters. The van der Waals surface area contributed by atoms with Gasteiger partial charge >= 0.3 is 0 Å². The molecular formula is C6H12N2OS. The zero-order chi connectivity index (χ0) is 7.40. The number of piperidine rings is 1. The number of rotatable bonds is 2. The lowest BCUT2D eigenvalue weighted by atomic mass is 10.2. The van der Waals surface area contributed by atoms with Crippen LogP contribution in [0.1, 0.15) is 19.3 Å². The number of nitrogens with zero attached hydrogens (tertiary/aromatic N) is 2. The monoisotopic (exact) mass is 160 g/mol. The van der Waals surface area contributed by atoms with E-state index in [1.165, 1.54) is 23.7 Å². The number of hydrogen-bond donors (Lipinski definition) is 1. The predicted molar refractivity (Wildman–Crippen MR) is 42.3 cm³/mol. The zero-order valence-electron chi connectivity index (χ0n) is 5.86. The molecule has 0 spiro atoms. The van der Waals surface area contributed by atoms with E-state index < -0.39 is 0 Å².